The van der Waals surface area contributed by atoms with Crippen molar-refractivity contribution in [2.75, 3.05) is 24.5 Å². The van der Waals surface area contributed by atoms with Gasteiger partial charge in [0.05, 0.1) is 4.92 Å². The molecule has 0 aliphatic carbocycles. The lowest BCUT2D eigenvalue weighted by atomic mass is 9.95. The molecule has 1 aliphatic heterocycles. The monoisotopic (exact) mass is 373 g/mol. The maximum atomic E-state index is 12.3. The molecule has 0 unspecified atom stereocenters. The summed E-state index contributed by atoms with van der Waals surface area (Å²) in [5, 5.41) is 16.0. The molecule has 1 aliphatic rings. The fourth-order valence-electron chi connectivity index (χ4n) is 3.35. The van der Waals surface area contributed by atoms with Crippen LogP contribution in [0.4, 0.5) is 11.4 Å². The molecular weight excluding hydrogens is 350 g/mol. The Morgan fingerprint density at radius 3 is 2.73 bits per heavy atom. The van der Waals surface area contributed by atoms with Crippen LogP contribution < -0.4 is 10.2 Å². The minimum absolute atomic E-state index is 0.0498. The second-order valence-corrected chi connectivity index (χ2v) is 7.64. The lowest BCUT2D eigenvalue weighted by Gasteiger charge is -2.33. The number of hydrogen-bond donors (Lipinski definition) is 1. The first kappa shape index (κ1) is 18.4. The van der Waals surface area contributed by atoms with Crippen LogP contribution >= 0.6 is 11.3 Å². The summed E-state index contributed by atoms with van der Waals surface area (Å²) in [5.41, 5.74) is 1.80. The number of piperidine rings is 1. The summed E-state index contributed by atoms with van der Waals surface area (Å²) in [4.78, 5) is 26.4. The van der Waals surface area contributed by atoms with E-state index in [0.29, 0.717) is 12.1 Å². The fraction of sp³-hybridized carbons (Fsp3) is 0.421. The van der Waals surface area contributed by atoms with Gasteiger partial charge in [-0.2, -0.15) is 0 Å². The molecule has 3 rings (SSSR count). The largest absolute Gasteiger partial charge is 0.371 e. The van der Waals surface area contributed by atoms with Crippen molar-refractivity contribution in [2.24, 2.45) is 5.92 Å². The Bertz CT molecular complexity index is 768. The number of carbonyl (C=O) groups excluding carboxylic acids is 1. The molecule has 26 heavy (non-hydrogen) atoms. The summed E-state index contributed by atoms with van der Waals surface area (Å²) in [6, 6.07) is 9.33. The first-order valence-electron chi connectivity index (χ1n) is 8.84. The van der Waals surface area contributed by atoms with Crippen LogP contribution in [0.2, 0.25) is 0 Å². The molecule has 1 amide bonds. The van der Waals surface area contributed by atoms with Crippen LogP contribution in [-0.4, -0.2) is 30.5 Å². The molecule has 0 radical (unpaired) electrons. The second-order valence-electron chi connectivity index (χ2n) is 6.61. The molecule has 0 bridgehead atoms. The number of amides is 1. The summed E-state index contributed by atoms with van der Waals surface area (Å²) >= 11 is 1.71. The number of rotatable bonds is 6. The Morgan fingerprint density at radius 2 is 2.12 bits per heavy atom. The number of aryl methyl sites for hydroxylation is 1. The minimum atomic E-state index is -0.355. The Morgan fingerprint density at radius 1 is 1.35 bits per heavy atom. The van der Waals surface area contributed by atoms with Crippen LogP contribution in [0.3, 0.4) is 0 Å². The number of hydrogen-bond acceptors (Lipinski definition) is 5. The molecule has 1 saturated heterocycles. The molecule has 0 saturated carbocycles. The van der Waals surface area contributed by atoms with Crippen LogP contribution in [0.1, 0.15) is 23.3 Å². The van der Waals surface area contributed by atoms with Crippen molar-refractivity contribution in [3.8, 4) is 0 Å². The highest BCUT2D eigenvalue weighted by Crippen LogP contribution is 2.28. The van der Waals surface area contributed by atoms with Crippen molar-refractivity contribution in [3.63, 3.8) is 0 Å². The van der Waals surface area contributed by atoms with Crippen molar-refractivity contribution >= 4 is 28.6 Å². The Labute approximate surface area is 157 Å². The number of nitro groups is 1. The van der Waals surface area contributed by atoms with Crippen molar-refractivity contribution in [1.82, 2.24) is 5.32 Å². The number of nitro benzene ring substituents is 1. The van der Waals surface area contributed by atoms with Gasteiger partial charge >= 0.3 is 0 Å². The van der Waals surface area contributed by atoms with Gasteiger partial charge in [-0.25, -0.2) is 0 Å². The maximum Gasteiger partial charge on any atom is 0.272 e. The molecule has 0 atom stereocenters. The third-order valence-corrected chi connectivity index (χ3v) is 5.79. The SMILES string of the molecule is Cc1cc(N2CCC(C(=O)NCCc3cccs3)CC2)ccc1[N+](=O)[O-]. The number of carbonyl (C=O) groups is 1. The third-order valence-electron chi connectivity index (χ3n) is 4.86. The van der Waals surface area contributed by atoms with Gasteiger partial charge in [-0.3, -0.25) is 14.9 Å². The highest BCUT2D eigenvalue weighted by atomic mass is 32.1. The van der Waals surface area contributed by atoms with E-state index in [1.807, 2.05) is 17.5 Å². The van der Waals surface area contributed by atoms with Gasteiger partial charge in [0.25, 0.3) is 5.69 Å². The second kappa shape index (κ2) is 8.31. The molecule has 1 N–H and O–H groups in total. The predicted octanol–water partition coefficient (Wildman–Crippen LogP) is 3.54. The average Bonchev–Trinajstić information content (AvgIpc) is 3.15. The topological polar surface area (TPSA) is 75.5 Å². The number of nitrogens with zero attached hydrogens (tertiary/aromatic N) is 2. The molecule has 1 aromatic heterocycles. The molecule has 0 spiro atoms. The average molecular weight is 373 g/mol. The third kappa shape index (κ3) is 4.40. The van der Waals surface area contributed by atoms with Gasteiger partial charge < -0.3 is 10.2 Å². The molecular formula is C19H23N3O3S. The standard InChI is InChI=1S/C19H23N3O3S/c1-14-13-16(4-5-18(14)22(24)25)21-10-7-15(8-11-21)19(23)20-9-6-17-3-2-12-26-17/h2-5,12-13,15H,6-11H2,1H3,(H,20,23). The molecule has 7 heteroatoms. The summed E-state index contributed by atoms with van der Waals surface area (Å²) in [5.74, 6) is 0.190. The van der Waals surface area contributed by atoms with Gasteiger partial charge in [-0.15, -0.1) is 11.3 Å². The first-order chi connectivity index (χ1) is 12.5. The van der Waals surface area contributed by atoms with Gasteiger partial charge in [0, 0.05) is 47.7 Å². The summed E-state index contributed by atoms with van der Waals surface area (Å²) in [6.07, 6.45) is 2.49. The molecule has 2 aromatic rings. The molecule has 138 valence electrons. The fourth-order valence-corrected chi connectivity index (χ4v) is 4.06. The Balaban J connectivity index is 1.48. The van der Waals surface area contributed by atoms with E-state index in [-0.39, 0.29) is 22.4 Å². The Kier molecular flexibility index (Phi) is 5.88. The molecule has 1 fully saturated rings. The van der Waals surface area contributed by atoms with Gasteiger partial charge in [-0.05, 0) is 49.8 Å². The lowest BCUT2D eigenvalue weighted by molar-refractivity contribution is -0.385. The number of nitrogens with one attached hydrogen (secondary N) is 1. The quantitative estimate of drug-likeness (QED) is 0.621. The summed E-state index contributed by atoms with van der Waals surface area (Å²) in [7, 11) is 0. The highest BCUT2D eigenvalue weighted by Gasteiger charge is 2.25. The van der Waals surface area contributed by atoms with Gasteiger partial charge in [0.1, 0.15) is 0 Å². The van der Waals surface area contributed by atoms with E-state index < -0.39 is 0 Å². The predicted molar refractivity (Wildman–Crippen MR) is 104 cm³/mol. The summed E-state index contributed by atoms with van der Waals surface area (Å²) < 4.78 is 0. The zero-order chi connectivity index (χ0) is 18.5. The number of anilines is 1. The van der Waals surface area contributed by atoms with E-state index in [0.717, 1.165) is 38.0 Å². The van der Waals surface area contributed by atoms with Crippen LogP contribution in [0.15, 0.2) is 35.7 Å². The van der Waals surface area contributed by atoms with Crippen LogP contribution in [0.25, 0.3) is 0 Å². The zero-order valence-electron chi connectivity index (χ0n) is 14.8. The van der Waals surface area contributed by atoms with Gasteiger partial charge in [0.15, 0.2) is 0 Å². The maximum absolute atomic E-state index is 12.3. The van der Waals surface area contributed by atoms with E-state index in [4.69, 9.17) is 0 Å². The lowest BCUT2D eigenvalue weighted by Crippen LogP contribution is -2.41. The first-order valence-corrected chi connectivity index (χ1v) is 9.72. The summed E-state index contributed by atoms with van der Waals surface area (Å²) in [6.45, 7) is 4.02. The van der Waals surface area contributed by atoms with Crippen molar-refractivity contribution in [3.05, 3.63) is 56.3 Å². The van der Waals surface area contributed by atoms with E-state index in [1.165, 1.54) is 4.88 Å². The van der Waals surface area contributed by atoms with E-state index in [9.17, 15) is 14.9 Å². The molecule has 2 heterocycles. The molecule has 1 aromatic carbocycles. The van der Waals surface area contributed by atoms with Crippen molar-refractivity contribution in [1.29, 1.82) is 0 Å². The van der Waals surface area contributed by atoms with E-state index in [2.05, 4.69) is 16.3 Å². The van der Waals surface area contributed by atoms with Crippen LogP contribution in [-0.2, 0) is 11.2 Å². The number of thiophene rings is 1. The van der Waals surface area contributed by atoms with Crippen molar-refractivity contribution in [2.45, 2.75) is 26.2 Å². The van der Waals surface area contributed by atoms with E-state index in [1.54, 1.807) is 30.4 Å². The normalized spacial score (nSPS) is 15.0. The highest BCUT2D eigenvalue weighted by molar-refractivity contribution is 7.09. The number of benzene rings is 1. The zero-order valence-corrected chi connectivity index (χ0v) is 15.6. The van der Waals surface area contributed by atoms with E-state index >= 15 is 0 Å². The molecule has 6 nitrogen and oxygen atoms in total. The smallest absolute Gasteiger partial charge is 0.272 e. The Hall–Kier alpha value is -2.41. The van der Waals surface area contributed by atoms with Crippen molar-refractivity contribution < 1.29 is 9.72 Å². The van der Waals surface area contributed by atoms with Crippen LogP contribution in [0, 0.1) is 23.0 Å². The van der Waals surface area contributed by atoms with Crippen LogP contribution in [0.5, 0.6) is 0 Å². The minimum Gasteiger partial charge on any atom is -0.371 e. The van der Waals surface area contributed by atoms with Gasteiger partial charge in [0.2, 0.25) is 5.91 Å². The van der Waals surface area contributed by atoms with Gasteiger partial charge in [-0.1, -0.05) is 6.07 Å².